The average Bonchev–Trinajstić information content (AvgIpc) is 2.69. The molecule has 1 aromatic rings. The second kappa shape index (κ2) is 4.88. The minimum Gasteiger partial charge on any atom is -0.355 e. The fraction of sp³-hybridized carbons (Fsp3) is 0.364. The molecule has 15 heavy (non-hydrogen) atoms. The molecule has 0 aliphatic carbocycles. The summed E-state index contributed by atoms with van der Waals surface area (Å²) in [5, 5.41) is 3.10. The molecular formula is C11H12BrNO2. The van der Waals surface area contributed by atoms with E-state index in [2.05, 4.69) is 33.4 Å². The number of ether oxygens (including phenoxy) is 1. The first-order valence-electron chi connectivity index (χ1n) is 4.85. The Morgan fingerprint density at radius 3 is 2.80 bits per heavy atom. The van der Waals surface area contributed by atoms with Gasteiger partial charge in [-0.3, -0.25) is 10.1 Å². The van der Waals surface area contributed by atoms with E-state index < -0.39 is 6.23 Å². The fourth-order valence-corrected chi connectivity index (χ4v) is 1.91. The van der Waals surface area contributed by atoms with Crippen LogP contribution in [0, 0.1) is 0 Å². The van der Waals surface area contributed by atoms with Crippen LogP contribution < -0.4 is 5.32 Å². The second-order valence-electron chi connectivity index (χ2n) is 3.58. The van der Waals surface area contributed by atoms with Crippen LogP contribution in [0.15, 0.2) is 28.7 Å². The van der Waals surface area contributed by atoms with E-state index in [9.17, 15) is 4.79 Å². The zero-order valence-corrected chi connectivity index (χ0v) is 9.74. The maximum absolute atomic E-state index is 10.5. The molecule has 0 spiro atoms. The summed E-state index contributed by atoms with van der Waals surface area (Å²) in [4.78, 5) is 10.5. The number of halogens is 1. The van der Waals surface area contributed by atoms with Gasteiger partial charge in [0.05, 0.1) is 6.61 Å². The predicted molar refractivity (Wildman–Crippen MR) is 60.6 cm³/mol. The van der Waals surface area contributed by atoms with Crippen molar-refractivity contribution in [3.05, 3.63) is 34.3 Å². The Bertz CT molecular complexity index is 339. The van der Waals surface area contributed by atoms with E-state index in [-0.39, 0.29) is 6.04 Å². The van der Waals surface area contributed by atoms with Gasteiger partial charge in [0.2, 0.25) is 0 Å². The topological polar surface area (TPSA) is 38.3 Å². The van der Waals surface area contributed by atoms with Gasteiger partial charge in [0.1, 0.15) is 0 Å². The first-order chi connectivity index (χ1) is 7.28. The maximum Gasteiger partial charge on any atom is 0.164 e. The molecule has 0 amide bonds. The summed E-state index contributed by atoms with van der Waals surface area (Å²) in [5.41, 5.74) is 1.24. The third-order valence-electron chi connectivity index (χ3n) is 2.40. The average molecular weight is 270 g/mol. The van der Waals surface area contributed by atoms with Gasteiger partial charge >= 0.3 is 0 Å². The summed E-state index contributed by atoms with van der Waals surface area (Å²) in [6.45, 7) is 0.597. The molecule has 2 atom stereocenters. The van der Waals surface area contributed by atoms with Gasteiger partial charge < -0.3 is 4.74 Å². The van der Waals surface area contributed by atoms with Gasteiger partial charge in [0, 0.05) is 10.5 Å². The molecule has 3 nitrogen and oxygen atoms in total. The molecule has 1 aromatic carbocycles. The van der Waals surface area contributed by atoms with Crippen molar-refractivity contribution in [1.82, 2.24) is 5.32 Å². The monoisotopic (exact) mass is 269 g/mol. The van der Waals surface area contributed by atoms with Gasteiger partial charge in [0.25, 0.3) is 0 Å². The van der Waals surface area contributed by atoms with Crippen LogP contribution in [0.3, 0.4) is 0 Å². The molecule has 2 rings (SSSR count). The fourth-order valence-electron chi connectivity index (χ4n) is 1.65. The third kappa shape index (κ3) is 2.87. The quantitative estimate of drug-likeness (QED) is 0.846. The number of hydrogen-bond acceptors (Lipinski definition) is 3. The van der Waals surface area contributed by atoms with Crippen LogP contribution in [0.25, 0.3) is 0 Å². The Morgan fingerprint density at radius 2 is 2.20 bits per heavy atom. The summed E-state index contributed by atoms with van der Waals surface area (Å²) in [6, 6.07) is 8.41. The lowest BCUT2D eigenvalue weighted by Gasteiger charge is -2.08. The van der Waals surface area contributed by atoms with E-state index in [1.165, 1.54) is 5.56 Å². The highest BCUT2D eigenvalue weighted by atomic mass is 79.9. The van der Waals surface area contributed by atoms with Gasteiger partial charge in [0.15, 0.2) is 12.5 Å². The molecule has 1 N–H and O–H groups in total. The van der Waals surface area contributed by atoms with Gasteiger partial charge in [-0.05, 0) is 24.1 Å². The van der Waals surface area contributed by atoms with Crippen LogP contribution in [-0.4, -0.2) is 25.2 Å². The van der Waals surface area contributed by atoms with Crippen molar-refractivity contribution >= 4 is 22.2 Å². The Hall–Kier alpha value is -0.710. The van der Waals surface area contributed by atoms with Gasteiger partial charge in [-0.15, -0.1) is 0 Å². The predicted octanol–water partition coefficient (Wildman–Crippen LogP) is 1.50. The Morgan fingerprint density at radius 1 is 1.47 bits per heavy atom. The molecule has 1 heterocycles. The third-order valence-corrected chi connectivity index (χ3v) is 2.92. The molecule has 0 radical (unpaired) electrons. The summed E-state index contributed by atoms with van der Waals surface area (Å²) in [7, 11) is 0. The van der Waals surface area contributed by atoms with Crippen molar-refractivity contribution in [3.8, 4) is 0 Å². The van der Waals surface area contributed by atoms with E-state index >= 15 is 0 Å². The lowest BCUT2D eigenvalue weighted by molar-refractivity contribution is -0.116. The van der Waals surface area contributed by atoms with Crippen molar-refractivity contribution in [2.75, 3.05) is 6.61 Å². The summed E-state index contributed by atoms with van der Waals surface area (Å²) < 4.78 is 6.30. The van der Waals surface area contributed by atoms with Crippen LogP contribution in [0.5, 0.6) is 0 Å². The van der Waals surface area contributed by atoms with Crippen molar-refractivity contribution in [2.45, 2.75) is 18.7 Å². The highest BCUT2D eigenvalue weighted by Crippen LogP contribution is 2.13. The molecule has 4 heteroatoms. The molecule has 1 fully saturated rings. The van der Waals surface area contributed by atoms with Crippen LogP contribution in [-0.2, 0) is 16.0 Å². The number of nitrogens with one attached hydrogen (secondary N) is 1. The van der Waals surface area contributed by atoms with E-state index in [0.29, 0.717) is 6.61 Å². The number of carbonyl (C=O) groups excluding carboxylic acids is 1. The van der Waals surface area contributed by atoms with Gasteiger partial charge in [-0.1, -0.05) is 28.1 Å². The smallest absolute Gasteiger partial charge is 0.164 e. The van der Waals surface area contributed by atoms with E-state index in [1.807, 2.05) is 12.1 Å². The minimum absolute atomic E-state index is 0.237. The highest BCUT2D eigenvalue weighted by molar-refractivity contribution is 9.10. The molecule has 0 saturated carbocycles. The number of hydrogen-bond donors (Lipinski definition) is 1. The number of aldehydes is 1. The molecule has 1 aliphatic heterocycles. The van der Waals surface area contributed by atoms with Gasteiger partial charge in [-0.2, -0.15) is 0 Å². The normalized spacial score (nSPS) is 25.4. The molecule has 0 aromatic heterocycles. The lowest BCUT2D eigenvalue weighted by atomic mass is 10.1. The largest absolute Gasteiger partial charge is 0.355 e. The van der Waals surface area contributed by atoms with E-state index in [4.69, 9.17) is 4.74 Å². The second-order valence-corrected chi connectivity index (χ2v) is 4.50. The number of rotatable bonds is 3. The molecule has 1 aliphatic rings. The van der Waals surface area contributed by atoms with Crippen LogP contribution in [0.4, 0.5) is 0 Å². The number of carbonyl (C=O) groups is 1. The maximum atomic E-state index is 10.5. The molecule has 80 valence electrons. The molecule has 1 saturated heterocycles. The summed E-state index contributed by atoms with van der Waals surface area (Å²) in [5.74, 6) is 0. The number of benzene rings is 1. The summed E-state index contributed by atoms with van der Waals surface area (Å²) in [6.07, 6.45) is 1.25. The van der Waals surface area contributed by atoms with Crippen molar-refractivity contribution < 1.29 is 9.53 Å². The Kier molecular flexibility index (Phi) is 3.51. The SMILES string of the molecule is O=CC1N[C@H](Cc2ccc(Br)cc2)CO1. The highest BCUT2D eigenvalue weighted by Gasteiger charge is 2.23. The van der Waals surface area contributed by atoms with Gasteiger partial charge in [-0.25, -0.2) is 0 Å². The lowest BCUT2D eigenvalue weighted by Crippen LogP contribution is -2.32. The van der Waals surface area contributed by atoms with Crippen molar-refractivity contribution in [3.63, 3.8) is 0 Å². The Labute approximate surface area is 96.9 Å². The first kappa shape index (κ1) is 10.8. The first-order valence-corrected chi connectivity index (χ1v) is 5.64. The minimum atomic E-state index is -0.426. The molecule has 1 unspecified atom stereocenters. The molecular weight excluding hydrogens is 258 g/mol. The van der Waals surface area contributed by atoms with Crippen molar-refractivity contribution in [1.29, 1.82) is 0 Å². The van der Waals surface area contributed by atoms with Crippen LogP contribution >= 0.6 is 15.9 Å². The Balaban J connectivity index is 1.92. The van der Waals surface area contributed by atoms with Crippen molar-refractivity contribution in [2.24, 2.45) is 0 Å². The van der Waals surface area contributed by atoms with E-state index in [0.717, 1.165) is 17.2 Å². The van der Waals surface area contributed by atoms with Crippen LogP contribution in [0.2, 0.25) is 0 Å². The zero-order chi connectivity index (χ0) is 10.7. The standard InChI is InChI=1S/C11H12BrNO2/c12-9-3-1-8(2-4-9)5-10-7-15-11(6-14)13-10/h1-4,6,10-11,13H,5,7H2/t10-,11?/m1/s1. The summed E-state index contributed by atoms with van der Waals surface area (Å²) >= 11 is 3.39. The van der Waals surface area contributed by atoms with Crippen LogP contribution in [0.1, 0.15) is 5.56 Å². The zero-order valence-electron chi connectivity index (χ0n) is 8.15. The van der Waals surface area contributed by atoms with E-state index in [1.54, 1.807) is 0 Å². The molecule has 0 bridgehead atoms.